The first-order valence-corrected chi connectivity index (χ1v) is 4.22. The van der Waals surface area contributed by atoms with Gasteiger partial charge in [-0.25, -0.2) is 4.72 Å². The predicted octanol–water partition coefficient (Wildman–Crippen LogP) is -2.68. The molecule has 0 amide bonds. The van der Waals surface area contributed by atoms with Gasteiger partial charge in [-0.15, -0.1) is 0 Å². The summed E-state index contributed by atoms with van der Waals surface area (Å²) in [6, 6.07) is 0.225. The molecule has 0 spiro atoms. The molecule has 1 aliphatic carbocycles. The zero-order chi connectivity index (χ0) is 6.69. The van der Waals surface area contributed by atoms with E-state index in [0.29, 0.717) is 0 Å². The van der Waals surface area contributed by atoms with Crippen LogP contribution in [-0.2, 0) is 11.3 Å². The van der Waals surface area contributed by atoms with E-state index >= 15 is 0 Å². The van der Waals surface area contributed by atoms with Gasteiger partial charge in [0.05, 0.1) is 0 Å². The van der Waals surface area contributed by atoms with E-state index < -0.39 is 11.3 Å². The van der Waals surface area contributed by atoms with Crippen molar-refractivity contribution in [1.82, 2.24) is 4.72 Å². The Morgan fingerprint density at radius 2 is 1.90 bits per heavy atom. The second kappa shape index (κ2) is 5.69. The van der Waals surface area contributed by atoms with Crippen LogP contribution in [0.2, 0.25) is 0 Å². The first-order chi connectivity index (χ1) is 4.29. The van der Waals surface area contributed by atoms with Crippen LogP contribution in [0.25, 0.3) is 0 Å². The van der Waals surface area contributed by atoms with E-state index in [9.17, 15) is 8.76 Å². The van der Waals surface area contributed by atoms with Crippen molar-refractivity contribution < 1.29 is 38.3 Å². The van der Waals surface area contributed by atoms with Gasteiger partial charge in [0, 0.05) is 17.3 Å². The molecule has 1 saturated carbocycles. The van der Waals surface area contributed by atoms with Crippen LogP contribution in [0.4, 0.5) is 0 Å². The van der Waals surface area contributed by atoms with Crippen LogP contribution in [0.3, 0.4) is 0 Å². The summed E-state index contributed by atoms with van der Waals surface area (Å²) in [4.78, 5) is 0. The minimum Gasteiger partial charge on any atom is -0.760 e. The summed E-state index contributed by atoms with van der Waals surface area (Å²) in [5.41, 5.74) is 0. The first kappa shape index (κ1) is 11.1. The van der Waals surface area contributed by atoms with Crippen LogP contribution in [0.15, 0.2) is 0 Å². The van der Waals surface area contributed by atoms with Gasteiger partial charge in [-0.05, 0) is 12.8 Å². The molecule has 1 aliphatic rings. The fraction of sp³-hybridized carbons (Fsp3) is 1.00. The van der Waals surface area contributed by atoms with E-state index in [0.717, 1.165) is 25.7 Å². The van der Waals surface area contributed by atoms with Crippen molar-refractivity contribution >= 4 is 11.3 Å². The molecule has 0 aliphatic heterocycles. The molecular weight excluding hydrogens is 161 g/mol. The van der Waals surface area contributed by atoms with Crippen molar-refractivity contribution in [1.29, 1.82) is 0 Å². The van der Waals surface area contributed by atoms with E-state index in [4.69, 9.17) is 0 Å². The zero-order valence-electron chi connectivity index (χ0n) is 6.13. The molecule has 0 aromatic rings. The van der Waals surface area contributed by atoms with Gasteiger partial charge in [0.25, 0.3) is 0 Å². The van der Waals surface area contributed by atoms with E-state index in [-0.39, 0.29) is 35.6 Å². The van der Waals surface area contributed by atoms with Crippen molar-refractivity contribution in [3.8, 4) is 0 Å². The Labute approximate surface area is 85.7 Å². The van der Waals surface area contributed by atoms with Crippen molar-refractivity contribution in [2.24, 2.45) is 0 Å². The molecule has 1 rings (SSSR count). The average molecular weight is 171 g/mol. The quantitative estimate of drug-likeness (QED) is 0.363. The molecule has 1 unspecified atom stereocenters. The van der Waals surface area contributed by atoms with Crippen LogP contribution in [0, 0.1) is 0 Å². The Kier molecular flexibility index (Phi) is 6.29. The summed E-state index contributed by atoms with van der Waals surface area (Å²) in [6.45, 7) is 0. The van der Waals surface area contributed by atoms with E-state index in [1.54, 1.807) is 0 Å². The Balaban J connectivity index is 0.000000810. The van der Waals surface area contributed by atoms with Gasteiger partial charge < -0.3 is 4.55 Å². The maximum Gasteiger partial charge on any atom is 1.00 e. The summed E-state index contributed by atoms with van der Waals surface area (Å²) in [5.74, 6) is 0. The van der Waals surface area contributed by atoms with Crippen LogP contribution in [-0.4, -0.2) is 14.8 Å². The fourth-order valence-corrected chi connectivity index (χ4v) is 1.69. The van der Waals surface area contributed by atoms with Gasteiger partial charge in [0.2, 0.25) is 0 Å². The molecule has 0 heterocycles. The third kappa shape index (κ3) is 4.05. The zero-order valence-corrected chi connectivity index (χ0v) is 8.95. The second-order valence-electron chi connectivity index (χ2n) is 2.33. The van der Waals surface area contributed by atoms with Gasteiger partial charge in [-0.3, -0.25) is 4.21 Å². The predicted molar refractivity (Wildman–Crippen MR) is 34.3 cm³/mol. The first-order valence-electron chi connectivity index (χ1n) is 3.14. The largest absolute Gasteiger partial charge is 1.00 e. The number of hydrogen-bond donors (Lipinski definition) is 1. The molecule has 5 heteroatoms. The fourth-order valence-electron chi connectivity index (χ4n) is 1.18. The Morgan fingerprint density at radius 1 is 1.40 bits per heavy atom. The maximum absolute atomic E-state index is 10.0. The van der Waals surface area contributed by atoms with Crippen LogP contribution in [0.5, 0.6) is 0 Å². The molecule has 1 fully saturated rings. The third-order valence-corrected chi connectivity index (χ3v) is 2.14. The minimum atomic E-state index is -2.06. The van der Waals surface area contributed by atoms with Gasteiger partial charge in [-0.2, -0.15) is 0 Å². The molecule has 1 N–H and O–H groups in total. The standard InChI is InChI=1S/C5H11NO2S.Na/c7-9(8)6-5-3-1-2-4-5;/h5-6H,1-4H2,(H,7,8);/q;+1/p-1. The summed E-state index contributed by atoms with van der Waals surface area (Å²) in [6.07, 6.45) is 4.34. The summed E-state index contributed by atoms with van der Waals surface area (Å²) in [5, 5.41) is 0. The molecule has 3 nitrogen and oxygen atoms in total. The number of hydrogen-bond acceptors (Lipinski definition) is 2. The Bertz CT molecular complexity index is 116. The summed E-state index contributed by atoms with van der Waals surface area (Å²) >= 11 is -2.06. The number of nitrogens with one attached hydrogen (secondary N) is 1. The molecule has 1 atom stereocenters. The van der Waals surface area contributed by atoms with Crippen molar-refractivity contribution in [2.75, 3.05) is 0 Å². The number of rotatable bonds is 2. The van der Waals surface area contributed by atoms with Gasteiger partial charge in [-0.1, -0.05) is 12.8 Å². The Hall–Kier alpha value is 1.07. The third-order valence-electron chi connectivity index (χ3n) is 1.62. The normalized spacial score (nSPS) is 22.1. The summed E-state index contributed by atoms with van der Waals surface area (Å²) in [7, 11) is 0. The van der Waals surface area contributed by atoms with Crippen molar-refractivity contribution in [2.45, 2.75) is 31.7 Å². The van der Waals surface area contributed by atoms with Crippen molar-refractivity contribution in [3.05, 3.63) is 0 Å². The molecule has 54 valence electrons. The van der Waals surface area contributed by atoms with Crippen LogP contribution >= 0.6 is 0 Å². The Morgan fingerprint density at radius 3 is 2.30 bits per heavy atom. The SMILES string of the molecule is O=S([O-])NC1CCCC1.[Na+]. The molecule has 0 saturated heterocycles. The molecule has 0 bridgehead atoms. The topological polar surface area (TPSA) is 52.2 Å². The molecular formula is C5H10NNaO2S. The van der Waals surface area contributed by atoms with Gasteiger partial charge >= 0.3 is 29.6 Å². The van der Waals surface area contributed by atoms with Crippen molar-refractivity contribution in [3.63, 3.8) is 0 Å². The van der Waals surface area contributed by atoms with E-state index in [2.05, 4.69) is 4.72 Å². The smallest absolute Gasteiger partial charge is 0.760 e. The second-order valence-corrected chi connectivity index (χ2v) is 3.04. The molecule has 0 radical (unpaired) electrons. The molecule has 0 aromatic carbocycles. The minimum absolute atomic E-state index is 0. The summed E-state index contributed by atoms with van der Waals surface area (Å²) < 4.78 is 22.5. The van der Waals surface area contributed by atoms with E-state index in [1.165, 1.54) is 0 Å². The van der Waals surface area contributed by atoms with Crippen LogP contribution < -0.4 is 34.3 Å². The molecule has 10 heavy (non-hydrogen) atoms. The van der Waals surface area contributed by atoms with Crippen LogP contribution in [0.1, 0.15) is 25.7 Å². The van der Waals surface area contributed by atoms with E-state index in [1.807, 2.05) is 0 Å². The molecule has 0 aromatic heterocycles. The van der Waals surface area contributed by atoms with Gasteiger partial charge in [0.1, 0.15) is 0 Å². The van der Waals surface area contributed by atoms with Gasteiger partial charge in [0.15, 0.2) is 0 Å². The maximum atomic E-state index is 10.0. The average Bonchev–Trinajstić information content (AvgIpc) is 2.15. The monoisotopic (exact) mass is 171 g/mol.